The maximum atomic E-state index is 12.7. The van der Waals surface area contributed by atoms with E-state index in [1.807, 2.05) is 36.4 Å². The third-order valence-electron chi connectivity index (χ3n) is 5.24. The minimum absolute atomic E-state index is 0.232. The number of ether oxygens (including phenoxy) is 1. The number of carbonyl (C=O) groups is 2. The van der Waals surface area contributed by atoms with Gasteiger partial charge in [0.2, 0.25) is 0 Å². The second kappa shape index (κ2) is 6.44. The van der Waals surface area contributed by atoms with Gasteiger partial charge in [-0.15, -0.1) is 5.01 Å². The van der Waals surface area contributed by atoms with E-state index in [-0.39, 0.29) is 5.91 Å². The summed E-state index contributed by atoms with van der Waals surface area (Å²) < 4.78 is 5.23. The number of nitrogens with one attached hydrogen (secondary N) is 1. The fourth-order valence-electron chi connectivity index (χ4n) is 3.78. The zero-order valence-corrected chi connectivity index (χ0v) is 14.7. The van der Waals surface area contributed by atoms with Crippen LogP contribution in [-0.2, 0) is 4.79 Å². The lowest BCUT2D eigenvalue weighted by Crippen LogP contribution is -2.48. The fraction of sp³-hybridized carbons (Fsp3) is 0.350. The Kier molecular flexibility index (Phi) is 4.11. The molecule has 0 bridgehead atoms. The number of rotatable bonds is 3. The molecule has 0 unspecified atom stereocenters. The van der Waals surface area contributed by atoms with Crippen LogP contribution in [0.2, 0.25) is 0 Å². The quantitative estimate of drug-likeness (QED) is 0.680. The number of carbonyl (C=O) groups excluding carboxylic acids is 2. The van der Waals surface area contributed by atoms with Crippen LogP contribution in [-0.4, -0.2) is 35.8 Å². The van der Waals surface area contributed by atoms with Crippen molar-refractivity contribution in [2.24, 2.45) is 5.10 Å². The number of amides is 3. The maximum Gasteiger partial charge on any atom is 0.346 e. The van der Waals surface area contributed by atoms with E-state index < -0.39 is 11.6 Å². The zero-order valence-electron chi connectivity index (χ0n) is 14.7. The summed E-state index contributed by atoms with van der Waals surface area (Å²) in [6.07, 6.45) is 5.97. The molecule has 6 heteroatoms. The summed E-state index contributed by atoms with van der Waals surface area (Å²) in [5.41, 5.74) is 0.0833. The van der Waals surface area contributed by atoms with Crippen LogP contribution in [0, 0.1) is 0 Å². The highest BCUT2D eigenvalue weighted by Gasteiger charge is 2.51. The maximum absolute atomic E-state index is 12.7. The van der Waals surface area contributed by atoms with Gasteiger partial charge >= 0.3 is 6.03 Å². The SMILES string of the molecule is COc1ccc2cc(/C=N\N3C(=O)NC4(CCCCC4)C3=O)ccc2c1. The first kappa shape index (κ1) is 16.6. The van der Waals surface area contributed by atoms with E-state index in [4.69, 9.17) is 4.74 Å². The second-order valence-corrected chi connectivity index (χ2v) is 6.91. The van der Waals surface area contributed by atoms with Crippen LogP contribution >= 0.6 is 0 Å². The van der Waals surface area contributed by atoms with Crippen LogP contribution < -0.4 is 10.1 Å². The highest BCUT2D eigenvalue weighted by molar-refractivity contribution is 6.07. The van der Waals surface area contributed by atoms with Gasteiger partial charge in [0.15, 0.2) is 0 Å². The molecule has 1 saturated heterocycles. The van der Waals surface area contributed by atoms with Crippen LogP contribution in [0.15, 0.2) is 41.5 Å². The predicted molar refractivity (Wildman–Crippen MR) is 99.3 cm³/mol. The molecule has 1 spiro atoms. The van der Waals surface area contributed by atoms with Gasteiger partial charge in [0.25, 0.3) is 5.91 Å². The van der Waals surface area contributed by atoms with E-state index >= 15 is 0 Å². The molecule has 2 fully saturated rings. The molecule has 0 aromatic heterocycles. The van der Waals surface area contributed by atoms with Crippen LogP contribution in [0.1, 0.15) is 37.7 Å². The van der Waals surface area contributed by atoms with Crippen molar-refractivity contribution in [2.45, 2.75) is 37.6 Å². The Morgan fingerprint density at radius 3 is 2.58 bits per heavy atom. The van der Waals surface area contributed by atoms with Gasteiger partial charge in [0, 0.05) is 0 Å². The molecule has 2 aromatic rings. The van der Waals surface area contributed by atoms with Crippen molar-refractivity contribution >= 4 is 28.9 Å². The third-order valence-corrected chi connectivity index (χ3v) is 5.24. The van der Waals surface area contributed by atoms with Gasteiger partial charge in [-0.2, -0.15) is 5.10 Å². The van der Waals surface area contributed by atoms with E-state index in [9.17, 15) is 9.59 Å². The Morgan fingerprint density at radius 1 is 1.08 bits per heavy atom. The number of benzene rings is 2. The molecule has 0 radical (unpaired) electrons. The van der Waals surface area contributed by atoms with Crippen LogP contribution in [0.4, 0.5) is 4.79 Å². The first-order valence-electron chi connectivity index (χ1n) is 8.90. The highest BCUT2D eigenvalue weighted by Crippen LogP contribution is 2.33. The van der Waals surface area contributed by atoms with Gasteiger partial charge in [0.1, 0.15) is 11.3 Å². The Bertz CT molecular complexity index is 900. The van der Waals surface area contributed by atoms with Gasteiger partial charge in [-0.3, -0.25) is 4.79 Å². The van der Waals surface area contributed by atoms with Crippen molar-refractivity contribution < 1.29 is 14.3 Å². The lowest BCUT2D eigenvalue weighted by molar-refractivity contribution is -0.132. The number of hydrazone groups is 1. The molecule has 1 saturated carbocycles. The Balaban J connectivity index is 1.56. The van der Waals surface area contributed by atoms with Gasteiger partial charge in [-0.05, 0) is 47.4 Å². The summed E-state index contributed by atoms with van der Waals surface area (Å²) in [5.74, 6) is 0.569. The normalized spacial score (nSPS) is 19.5. The third kappa shape index (κ3) is 2.81. The second-order valence-electron chi connectivity index (χ2n) is 6.91. The molecule has 3 amide bonds. The average molecular weight is 351 g/mol. The van der Waals surface area contributed by atoms with Crippen molar-refractivity contribution in [2.75, 3.05) is 7.11 Å². The van der Waals surface area contributed by atoms with E-state index in [1.54, 1.807) is 13.3 Å². The molecule has 1 aliphatic heterocycles. The average Bonchev–Trinajstić information content (AvgIpc) is 2.89. The molecule has 1 N–H and O–H groups in total. The monoisotopic (exact) mass is 351 g/mol. The molecule has 1 heterocycles. The Morgan fingerprint density at radius 2 is 1.81 bits per heavy atom. The Labute approximate surface area is 151 Å². The number of nitrogens with zero attached hydrogens (tertiary/aromatic N) is 2. The van der Waals surface area contributed by atoms with E-state index in [1.165, 1.54) is 0 Å². The molecule has 2 aliphatic rings. The summed E-state index contributed by atoms with van der Waals surface area (Å²) in [6, 6.07) is 11.2. The smallest absolute Gasteiger partial charge is 0.346 e. The minimum atomic E-state index is -0.743. The number of methoxy groups -OCH3 is 1. The standard InChI is InChI=1S/C20H21N3O3/c1-26-17-8-7-15-11-14(5-6-16(15)12-17)13-21-23-18(24)20(22-19(23)25)9-3-2-4-10-20/h5-8,11-13H,2-4,9-10H2,1H3,(H,22,25)/b21-13-. The molecule has 6 nitrogen and oxygen atoms in total. The van der Waals surface area contributed by atoms with Gasteiger partial charge in [-0.1, -0.05) is 37.5 Å². The molecule has 4 rings (SSSR count). The highest BCUT2D eigenvalue weighted by atomic mass is 16.5. The number of imide groups is 1. The first-order chi connectivity index (χ1) is 12.6. The van der Waals surface area contributed by atoms with Gasteiger partial charge < -0.3 is 10.1 Å². The lowest BCUT2D eigenvalue weighted by atomic mass is 9.82. The topological polar surface area (TPSA) is 71.0 Å². The van der Waals surface area contributed by atoms with Crippen LogP contribution in [0.5, 0.6) is 5.75 Å². The summed E-state index contributed by atoms with van der Waals surface area (Å²) in [7, 11) is 1.64. The van der Waals surface area contributed by atoms with Crippen molar-refractivity contribution in [3.63, 3.8) is 0 Å². The number of urea groups is 1. The van der Waals surface area contributed by atoms with Gasteiger partial charge in [0.05, 0.1) is 13.3 Å². The van der Waals surface area contributed by atoms with Crippen LogP contribution in [0.25, 0.3) is 10.8 Å². The molecule has 134 valence electrons. The molecule has 26 heavy (non-hydrogen) atoms. The number of hydrogen-bond acceptors (Lipinski definition) is 4. The molecular weight excluding hydrogens is 330 g/mol. The first-order valence-corrected chi connectivity index (χ1v) is 8.90. The molecule has 1 aliphatic carbocycles. The van der Waals surface area contributed by atoms with Crippen molar-refractivity contribution in [3.8, 4) is 5.75 Å². The summed E-state index contributed by atoms with van der Waals surface area (Å²) in [4.78, 5) is 24.9. The lowest BCUT2D eigenvalue weighted by Gasteiger charge is -2.29. The van der Waals surface area contributed by atoms with Crippen LogP contribution in [0.3, 0.4) is 0 Å². The van der Waals surface area contributed by atoms with E-state index in [0.29, 0.717) is 12.8 Å². The van der Waals surface area contributed by atoms with Crippen molar-refractivity contribution in [1.82, 2.24) is 10.3 Å². The molecule has 0 atom stereocenters. The fourth-order valence-corrected chi connectivity index (χ4v) is 3.78. The van der Waals surface area contributed by atoms with Crippen molar-refractivity contribution in [1.29, 1.82) is 0 Å². The largest absolute Gasteiger partial charge is 0.497 e. The molecule has 2 aromatic carbocycles. The Hall–Kier alpha value is -2.89. The number of fused-ring (bicyclic) bond motifs is 1. The predicted octanol–water partition coefficient (Wildman–Crippen LogP) is 3.44. The zero-order chi connectivity index (χ0) is 18.1. The summed E-state index contributed by atoms with van der Waals surface area (Å²) in [6.45, 7) is 0. The van der Waals surface area contributed by atoms with Crippen molar-refractivity contribution in [3.05, 3.63) is 42.0 Å². The minimum Gasteiger partial charge on any atom is -0.497 e. The number of hydrogen-bond donors (Lipinski definition) is 1. The van der Waals surface area contributed by atoms with E-state index in [2.05, 4.69) is 10.4 Å². The summed E-state index contributed by atoms with van der Waals surface area (Å²) >= 11 is 0. The molecular formula is C20H21N3O3. The van der Waals surface area contributed by atoms with E-state index in [0.717, 1.165) is 46.4 Å². The summed E-state index contributed by atoms with van der Waals surface area (Å²) in [5, 5.41) is 10.1. The van der Waals surface area contributed by atoms with Gasteiger partial charge in [-0.25, -0.2) is 4.79 Å².